The third-order valence-electron chi connectivity index (χ3n) is 2.57. The Hall–Kier alpha value is -0.290. The molecule has 1 aromatic rings. The fourth-order valence-electron chi connectivity index (χ4n) is 1.62. The number of carbonyl (C=O) groups excluding carboxylic acids is 1. The van der Waals surface area contributed by atoms with E-state index in [2.05, 4.69) is 5.32 Å². The molecule has 0 saturated heterocycles. The van der Waals surface area contributed by atoms with Crippen LogP contribution in [0.4, 0.5) is 0 Å². The van der Waals surface area contributed by atoms with Crippen LogP contribution in [0.5, 0.6) is 0 Å². The van der Waals surface area contributed by atoms with Crippen molar-refractivity contribution in [3.8, 4) is 0 Å². The van der Waals surface area contributed by atoms with Gasteiger partial charge in [-0.3, -0.25) is 4.79 Å². The van der Waals surface area contributed by atoms with Crippen LogP contribution < -0.4 is 11.1 Å². The quantitative estimate of drug-likeness (QED) is 0.848. The molecular weight excluding hydrogens is 291 g/mol. The number of nitrogens with two attached hydrogens (primary N) is 1. The van der Waals surface area contributed by atoms with Crippen molar-refractivity contribution in [1.82, 2.24) is 5.32 Å². The van der Waals surface area contributed by atoms with Gasteiger partial charge < -0.3 is 11.1 Å². The van der Waals surface area contributed by atoms with E-state index in [1.54, 1.807) is 18.3 Å². The third-order valence-corrected chi connectivity index (χ3v) is 3.86. The highest BCUT2D eigenvalue weighted by Gasteiger charge is 2.26. The first-order valence-electron chi connectivity index (χ1n) is 5.77. The Balaban J connectivity index is 0.00000289. The molecule has 1 unspecified atom stereocenters. The molecule has 6 heteroatoms. The smallest absolute Gasteiger partial charge is 0.239 e. The summed E-state index contributed by atoms with van der Waals surface area (Å²) in [6.07, 6.45) is 2.40. The number of hydrogen-bond acceptors (Lipinski definition) is 3. The van der Waals surface area contributed by atoms with Crippen molar-refractivity contribution in [3.05, 3.63) is 21.3 Å². The molecule has 0 radical (unpaired) electrons. The second-order valence-corrected chi connectivity index (χ2v) is 6.18. The lowest BCUT2D eigenvalue weighted by Gasteiger charge is -2.22. The second-order valence-electron chi connectivity index (χ2n) is 4.38. The number of halogens is 2. The van der Waals surface area contributed by atoms with Crippen molar-refractivity contribution < 1.29 is 4.79 Å². The topological polar surface area (TPSA) is 55.1 Å². The number of nitrogens with one attached hydrogen (secondary N) is 1. The first-order chi connectivity index (χ1) is 7.95. The average molecular weight is 311 g/mol. The summed E-state index contributed by atoms with van der Waals surface area (Å²) < 4.78 is 0.779. The van der Waals surface area contributed by atoms with Crippen LogP contribution >= 0.6 is 35.3 Å². The highest BCUT2D eigenvalue weighted by molar-refractivity contribution is 7.16. The molecule has 1 aromatic heterocycles. The van der Waals surface area contributed by atoms with Crippen LogP contribution in [0.15, 0.2) is 12.1 Å². The van der Waals surface area contributed by atoms with Crippen molar-refractivity contribution in [3.63, 3.8) is 0 Å². The first-order valence-corrected chi connectivity index (χ1v) is 6.96. The molecule has 0 aliphatic rings. The minimum atomic E-state index is -0.762. The molecule has 0 aliphatic carbocycles. The molecule has 0 fully saturated rings. The summed E-state index contributed by atoms with van der Waals surface area (Å²) in [5.41, 5.74) is 5.16. The zero-order chi connectivity index (χ0) is 12.9. The zero-order valence-electron chi connectivity index (χ0n) is 10.7. The molecule has 104 valence electrons. The fourth-order valence-corrected chi connectivity index (χ4v) is 2.71. The highest BCUT2D eigenvalue weighted by atomic mass is 35.5. The Labute approximate surface area is 123 Å². The van der Waals surface area contributed by atoms with E-state index >= 15 is 0 Å². The lowest BCUT2D eigenvalue weighted by Crippen LogP contribution is -2.51. The van der Waals surface area contributed by atoms with Gasteiger partial charge in [-0.15, -0.1) is 23.7 Å². The number of amides is 1. The lowest BCUT2D eigenvalue weighted by molar-refractivity contribution is -0.126. The van der Waals surface area contributed by atoms with Gasteiger partial charge in [-0.1, -0.05) is 24.9 Å². The molecular formula is C12H20Cl2N2OS. The fraction of sp³-hybridized carbons (Fsp3) is 0.583. The summed E-state index contributed by atoms with van der Waals surface area (Å²) in [6, 6.07) is 3.85. The maximum Gasteiger partial charge on any atom is 0.239 e. The molecule has 3 N–H and O–H groups in total. The van der Waals surface area contributed by atoms with Crippen molar-refractivity contribution in [2.24, 2.45) is 5.73 Å². The van der Waals surface area contributed by atoms with E-state index < -0.39 is 5.54 Å². The van der Waals surface area contributed by atoms with E-state index in [0.29, 0.717) is 13.0 Å². The van der Waals surface area contributed by atoms with Gasteiger partial charge in [0.2, 0.25) is 5.91 Å². The van der Waals surface area contributed by atoms with E-state index in [1.807, 2.05) is 19.1 Å². The standard InChI is InChI=1S/C12H19ClN2OS.ClH/c1-3-7-12(2,14)11(16)15-8-6-9-4-5-10(13)17-9;/h4-5H,3,6-8,14H2,1-2H3,(H,15,16);1H. The maximum atomic E-state index is 11.8. The van der Waals surface area contributed by atoms with E-state index in [0.717, 1.165) is 17.2 Å². The summed E-state index contributed by atoms with van der Waals surface area (Å²) >= 11 is 7.37. The van der Waals surface area contributed by atoms with Crippen LogP contribution in [0.1, 0.15) is 31.6 Å². The van der Waals surface area contributed by atoms with E-state index in [-0.39, 0.29) is 18.3 Å². The largest absolute Gasteiger partial charge is 0.354 e. The summed E-state index contributed by atoms with van der Waals surface area (Å²) in [7, 11) is 0. The lowest BCUT2D eigenvalue weighted by atomic mass is 9.96. The SMILES string of the molecule is CCCC(C)(N)C(=O)NCCc1ccc(Cl)s1.Cl. The minimum absolute atomic E-state index is 0. The van der Waals surface area contributed by atoms with Crippen LogP contribution in [-0.2, 0) is 11.2 Å². The molecule has 0 bridgehead atoms. The zero-order valence-corrected chi connectivity index (χ0v) is 13.1. The van der Waals surface area contributed by atoms with Gasteiger partial charge in [0.05, 0.1) is 9.88 Å². The molecule has 1 heterocycles. The van der Waals surface area contributed by atoms with Crippen molar-refractivity contribution in [2.45, 2.75) is 38.6 Å². The van der Waals surface area contributed by atoms with Gasteiger partial charge in [0, 0.05) is 11.4 Å². The number of hydrogen-bond donors (Lipinski definition) is 2. The van der Waals surface area contributed by atoms with Crippen LogP contribution in [0.25, 0.3) is 0 Å². The third kappa shape index (κ3) is 5.57. The van der Waals surface area contributed by atoms with Gasteiger partial charge in [-0.05, 0) is 31.9 Å². The molecule has 1 atom stereocenters. The molecule has 18 heavy (non-hydrogen) atoms. The van der Waals surface area contributed by atoms with E-state index in [1.165, 1.54) is 4.88 Å². The van der Waals surface area contributed by atoms with Crippen LogP contribution in [0.3, 0.4) is 0 Å². The predicted octanol–water partition coefficient (Wildman–Crippen LogP) is 3.00. The molecule has 0 aliphatic heterocycles. The van der Waals surface area contributed by atoms with Crippen LogP contribution in [0, 0.1) is 0 Å². The molecule has 1 rings (SSSR count). The number of carbonyl (C=O) groups is 1. The van der Waals surface area contributed by atoms with E-state index in [9.17, 15) is 4.79 Å². The highest BCUT2D eigenvalue weighted by Crippen LogP contribution is 2.21. The molecule has 1 amide bonds. The Bertz CT molecular complexity index is 380. The average Bonchev–Trinajstić information content (AvgIpc) is 2.64. The number of thiophene rings is 1. The Morgan fingerprint density at radius 1 is 1.56 bits per heavy atom. The van der Waals surface area contributed by atoms with E-state index in [4.69, 9.17) is 17.3 Å². The summed E-state index contributed by atoms with van der Waals surface area (Å²) in [4.78, 5) is 13.0. The minimum Gasteiger partial charge on any atom is -0.354 e. The Kier molecular flexibility index (Phi) is 7.87. The van der Waals surface area contributed by atoms with Crippen LogP contribution in [-0.4, -0.2) is 18.0 Å². The van der Waals surface area contributed by atoms with Gasteiger partial charge in [-0.2, -0.15) is 0 Å². The number of rotatable bonds is 6. The molecule has 0 saturated carbocycles. The van der Waals surface area contributed by atoms with Gasteiger partial charge in [0.15, 0.2) is 0 Å². The summed E-state index contributed by atoms with van der Waals surface area (Å²) in [5.74, 6) is -0.0815. The van der Waals surface area contributed by atoms with Crippen LogP contribution in [0.2, 0.25) is 4.34 Å². The Morgan fingerprint density at radius 2 is 2.22 bits per heavy atom. The first kappa shape index (κ1) is 17.7. The maximum absolute atomic E-state index is 11.8. The second kappa shape index (κ2) is 8.00. The monoisotopic (exact) mass is 310 g/mol. The Morgan fingerprint density at radius 3 is 2.72 bits per heavy atom. The van der Waals surface area contributed by atoms with Gasteiger partial charge >= 0.3 is 0 Å². The normalized spacial score (nSPS) is 13.6. The van der Waals surface area contributed by atoms with Gasteiger partial charge in [0.1, 0.15) is 0 Å². The molecule has 0 aromatic carbocycles. The van der Waals surface area contributed by atoms with Crippen molar-refractivity contribution in [1.29, 1.82) is 0 Å². The summed E-state index contributed by atoms with van der Waals surface area (Å²) in [6.45, 7) is 4.39. The molecule has 3 nitrogen and oxygen atoms in total. The summed E-state index contributed by atoms with van der Waals surface area (Å²) in [5, 5.41) is 2.87. The van der Waals surface area contributed by atoms with Gasteiger partial charge in [0.25, 0.3) is 0 Å². The van der Waals surface area contributed by atoms with Crippen molar-refractivity contribution in [2.75, 3.05) is 6.54 Å². The van der Waals surface area contributed by atoms with Gasteiger partial charge in [-0.25, -0.2) is 0 Å². The molecule has 0 spiro atoms. The predicted molar refractivity (Wildman–Crippen MR) is 80.8 cm³/mol. The van der Waals surface area contributed by atoms with Crippen molar-refractivity contribution >= 4 is 41.3 Å².